The zero-order valence-corrected chi connectivity index (χ0v) is 77.2. The van der Waals surface area contributed by atoms with Crippen molar-refractivity contribution >= 4 is 5.91 Å². The number of ether oxygens (including phenoxy) is 25. The van der Waals surface area contributed by atoms with Crippen LogP contribution >= 0.6 is 0 Å². The van der Waals surface area contributed by atoms with E-state index in [0.29, 0.717) is 0 Å². The molecule has 0 radical (unpaired) electrons. The highest BCUT2D eigenvalue weighted by Gasteiger charge is 2.64. The van der Waals surface area contributed by atoms with E-state index in [1.54, 1.807) is 0 Å². The molecule has 1 unspecified atom stereocenters. The number of nitrogens with one attached hydrogen (secondary N) is 1. The van der Waals surface area contributed by atoms with Crippen LogP contribution in [0.3, 0.4) is 0 Å². The number of hydrogen-bond acceptors (Lipinski definition) is 66. The number of amides is 1. The normalized spacial score (nSPS) is 52.9. The molecular weight excluding hydrogens is 2030 g/mol. The lowest BCUT2D eigenvalue weighted by Gasteiger charge is -2.51. The Morgan fingerprint density at radius 1 is 0.177 bits per heavy atom. The van der Waals surface area contributed by atoms with Gasteiger partial charge in [-0.3, -0.25) is 4.79 Å². The molecule has 0 aromatic heterocycles. The standard InChI is InChI=1S/C80H135NO66/c1-15(92)81-29-42(105)59(25(11-91)126-68(29)122)139-76-58(121)63(41(104)28(137-76)13-123-69-55(118)62(142-72-53(116)45(108)32(95)18(4-84)129-72)40(103)27(136-69)14-125-77-64(47(110)34(97)20(6-86)133-77)144-73-54(117)46(109)33(96)19(5-85)130-73)143-80-67(147-79-66(49(112)36(99)22(8-88)135-79)146-75-57(120)61(39(102)24(10-90)132-75)141-71-52(115)44(107)31(94)17(3-83)128-71)50(113)37(100)26(138-80)12-124-78-65(48(111)35(98)21(7-87)134-78)145-74-56(119)60(38(101)23(9-89)131-74)140-70-51(114)43(106)30(93)16(2-82)127-70/h16-80,82-91,93-122H,2-14H2,1H3,(H,81,92)/t16-,17-,18-,19-,20-,21-,22-,23-,24-,25-,26-,27-,28-,29-,30-,31-,32-,33-,34-,35-,36-,37-,38-,39-,40-,41-,42-,43+,44+,45+,46+,47+,48+,49+,50+,51+,52+,53+,54+,55+,56+,57+,58+,59-,60+,61+,62+,63+,64+,65+,66+,67+,68?,69+,70-,71-,72-,73-,74-,75-,76+,77+,78+,79-,80-/m1/s1. The van der Waals surface area contributed by atoms with Gasteiger partial charge in [0.05, 0.1) is 85.9 Å². The average Bonchev–Trinajstić information content (AvgIpc) is 0.763. The Labute approximate surface area is 828 Å². The van der Waals surface area contributed by atoms with E-state index in [9.17, 15) is 209 Å². The van der Waals surface area contributed by atoms with Gasteiger partial charge in [-0.1, -0.05) is 0 Å². The lowest BCUT2D eigenvalue weighted by atomic mass is 9.94. The summed E-state index contributed by atoms with van der Waals surface area (Å²) < 4.78 is 147. The molecule has 0 aromatic rings. The lowest BCUT2D eigenvalue weighted by molar-refractivity contribution is -0.413. The maximum atomic E-state index is 13.1. The Morgan fingerprint density at radius 2 is 0.361 bits per heavy atom. The summed E-state index contributed by atoms with van der Waals surface area (Å²) in [4.78, 5) is 12.6. The van der Waals surface area contributed by atoms with E-state index in [-0.39, 0.29) is 0 Å². The number of aliphatic hydroxyl groups is 40. The van der Waals surface area contributed by atoms with Crippen LogP contribution in [0, 0.1) is 0 Å². The van der Waals surface area contributed by atoms with Crippen molar-refractivity contribution in [3.63, 3.8) is 0 Å². The molecule has 0 spiro atoms. The highest BCUT2D eigenvalue weighted by atomic mass is 16.8. The maximum absolute atomic E-state index is 13.1. The van der Waals surface area contributed by atoms with E-state index in [1.165, 1.54) is 0 Å². The highest BCUT2D eigenvalue weighted by molar-refractivity contribution is 5.73. The predicted octanol–water partition coefficient (Wildman–Crippen LogP) is -29.2. The van der Waals surface area contributed by atoms with Crippen molar-refractivity contribution in [3.8, 4) is 0 Å². The molecule has 13 heterocycles. The minimum Gasteiger partial charge on any atom is -0.394 e. The summed E-state index contributed by atoms with van der Waals surface area (Å²) in [6.07, 6.45) is -146. The Hall–Kier alpha value is -3.13. The Kier molecular flexibility index (Phi) is 43.2. The third kappa shape index (κ3) is 25.7. The summed E-state index contributed by atoms with van der Waals surface area (Å²) in [7, 11) is 0. The molecule has 0 saturated carbocycles. The minimum absolute atomic E-state index is 0.907. The summed E-state index contributed by atoms with van der Waals surface area (Å²) in [5, 5.41) is 451. The fourth-order valence-electron chi connectivity index (χ4n) is 18.9. The molecule has 0 aliphatic carbocycles. The van der Waals surface area contributed by atoms with Gasteiger partial charge >= 0.3 is 0 Å². The number of aliphatic hydroxyl groups excluding tert-OH is 40. The van der Waals surface area contributed by atoms with Crippen LogP contribution in [0.1, 0.15) is 6.92 Å². The molecule has 13 aliphatic heterocycles. The zero-order chi connectivity index (χ0) is 108. The first-order valence-electron chi connectivity index (χ1n) is 46.7. The molecule has 0 bridgehead atoms. The largest absolute Gasteiger partial charge is 0.394 e. The van der Waals surface area contributed by atoms with Gasteiger partial charge in [-0.15, -0.1) is 0 Å². The fraction of sp³-hybridized carbons (Fsp3) is 0.988. The fourth-order valence-corrected chi connectivity index (χ4v) is 18.9. The number of hydrogen-bond donors (Lipinski definition) is 41. The van der Waals surface area contributed by atoms with Gasteiger partial charge in [0.1, 0.15) is 317 Å². The smallest absolute Gasteiger partial charge is 0.217 e. The summed E-state index contributed by atoms with van der Waals surface area (Å²) in [6, 6.07) is -1.94. The van der Waals surface area contributed by atoms with Crippen LogP contribution in [0.2, 0.25) is 0 Å². The quantitative estimate of drug-likeness (QED) is 0.0273. The number of rotatable bonds is 38. The second kappa shape index (κ2) is 52.6. The van der Waals surface area contributed by atoms with E-state index in [1.807, 2.05) is 0 Å². The van der Waals surface area contributed by atoms with Gasteiger partial charge in [0.25, 0.3) is 0 Å². The maximum Gasteiger partial charge on any atom is 0.217 e. The molecule has 13 aliphatic rings. The van der Waals surface area contributed by atoms with Crippen LogP contribution in [0.25, 0.3) is 0 Å². The van der Waals surface area contributed by atoms with E-state index < -0.39 is 491 Å². The zero-order valence-electron chi connectivity index (χ0n) is 77.2. The van der Waals surface area contributed by atoms with Crippen molar-refractivity contribution in [2.45, 2.75) is 406 Å². The van der Waals surface area contributed by atoms with Gasteiger partial charge in [-0.2, -0.15) is 0 Å². The van der Waals surface area contributed by atoms with Gasteiger partial charge < -0.3 is 328 Å². The molecule has 13 fully saturated rings. The third-order valence-corrected chi connectivity index (χ3v) is 27.6. The number of carbonyl (C=O) groups is 1. The molecule has 13 rings (SSSR count). The van der Waals surface area contributed by atoms with Crippen LogP contribution < -0.4 is 5.32 Å². The van der Waals surface area contributed by atoms with E-state index in [0.717, 1.165) is 6.92 Å². The van der Waals surface area contributed by atoms with Crippen LogP contribution in [-0.2, 0) is 123 Å². The van der Waals surface area contributed by atoms with Crippen molar-refractivity contribution in [1.82, 2.24) is 5.32 Å². The van der Waals surface area contributed by atoms with Crippen LogP contribution in [0.5, 0.6) is 0 Å². The molecule has 1 amide bonds. The summed E-state index contributed by atoms with van der Waals surface area (Å²) in [5.74, 6) is -0.963. The van der Waals surface area contributed by atoms with Gasteiger partial charge in [0.15, 0.2) is 81.8 Å². The van der Waals surface area contributed by atoms with Crippen molar-refractivity contribution < 1.29 is 327 Å². The Bertz CT molecular complexity index is 3930. The van der Waals surface area contributed by atoms with Gasteiger partial charge in [0, 0.05) is 6.92 Å². The second-order valence-corrected chi connectivity index (χ2v) is 37.3. The van der Waals surface area contributed by atoms with Gasteiger partial charge in [0.2, 0.25) is 5.91 Å². The van der Waals surface area contributed by atoms with Crippen molar-refractivity contribution in [1.29, 1.82) is 0 Å². The van der Waals surface area contributed by atoms with E-state index >= 15 is 0 Å². The van der Waals surface area contributed by atoms with Crippen LogP contribution in [-0.4, -0.2) is 695 Å². The van der Waals surface area contributed by atoms with E-state index in [2.05, 4.69) is 5.32 Å². The van der Waals surface area contributed by atoms with Crippen LogP contribution in [0.15, 0.2) is 0 Å². The average molecular weight is 2170 g/mol. The summed E-state index contributed by atoms with van der Waals surface area (Å²) in [5.41, 5.74) is 0. The summed E-state index contributed by atoms with van der Waals surface area (Å²) in [6.45, 7) is -14.7. The SMILES string of the molecule is CC(=O)N[C@H]1C(O)O[C@H](CO)[C@@H](O[C@@H]2O[C@H](CO[C@H]3O[C@H](CO[C@H]4O[C@H](CO)[C@@H](O)[C@H](O)[C@@H]4O[C@H]4O[C@H](CO)[C@@H](O)[C@H](O)[C@@H]4O)[C@@H](O)[C@H](O[C@H]4O[C@H](CO)[C@@H](O)[C@H](O)[C@@H]4O)[C@@H]3O)[C@@H](O)[C@H](O[C@H]3O[C@H](CO[C@H]4O[C@H](CO)[C@@H](O)[C@H](O)[C@@H]4O[C@H]4O[C@H](CO)[C@@H](O)[C@H](O[C@H]5O[C@H](CO)[C@@H](O)[C@H](O)[C@@H]5O)[C@@H]4O)[C@@H](O)[C@H](O)[C@@H]3O[C@H]3O[C@H](CO)[C@@H](O)[C@H](O)[C@@H]3O[C@H]3O[C@H](CO)[C@@H](O)[C@H](O[C@H]4O[C@H](CO)[C@@H](O)[C@H](O)[C@@H]4O)[C@@H]3O)[C@@H]2O)[C@@H]1O. The highest BCUT2D eigenvalue weighted by Crippen LogP contribution is 2.43. The number of carbonyl (C=O) groups excluding carboxylic acids is 1. The van der Waals surface area contributed by atoms with Gasteiger partial charge in [-0.05, 0) is 0 Å². The molecule has 41 N–H and O–H groups in total. The molecule has 67 heteroatoms. The Morgan fingerprint density at radius 3 is 0.653 bits per heavy atom. The molecule has 147 heavy (non-hydrogen) atoms. The lowest BCUT2D eigenvalue weighted by Crippen LogP contribution is -2.69. The first-order valence-corrected chi connectivity index (χ1v) is 46.7. The van der Waals surface area contributed by atoms with Crippen molar-refractivity contribution in [3.05, 3.63) is 0 Å². The molecule has 0 aromatic carbocycles. The molecular formula is C80H135NO66. The monoisotopic (exact) mass is 2170 g/mol. The van der Waals surface area contributed by atoms with Crippen molar-refractivity contribution in [2.24, 2.45) is 0 Å². The van der Waals surface area contributed by atoms with Crippen molar-refractivity contribution in [2.75, 3.05) is 85.9 Å². The Balaban J connectivity index is 0.862. The molecule has 65 atom stereocenters. The van der Waals surface area contributed by atoms with Gasteiger partial charge in [-0.25, -0.2) is 0 Å². The topological polar surface area (TPSA) is 1070 Å². The summed E-state index contributed by atoms with van der Waals surface area (Å²) >= 11 is 0. The first-order chi connectivity index (χ1) is 69.7. The van der Waals surface area contributed by atoms with Crippen LogP contribution in [0.4, 0.5) is 0 Å². The second-order valence-electron chi connectivity index (χ2n) is 37.3. The molecule has 13 saturated heterocycles. The van der Waals surface area contributed by atoms with E-state index in [4.69, 9.17) is 118 Å². The molecule has 856 valence electrons. The molecule has 67 nitrogen and oxygen atoms in total. The first kappa shape index (κ1) is 121. The third-order valence-electron chi connectivity index (χ3n) is 27.6. The minimum atomic E-state index is -2.84. The predicted molar refractivity (Wildman–Crippen MR) is 439 cm³/mol.